The summed E-state index contributed by atoms with van der Waals surface area (Å²) >= 11 is 19.4. The number of hydrogen-bond donors (Lipinski definition) is 0. The molecule has 2 aromatic carbocycles. The molecule has 0 atom stereocenters. The predicted octanol–water partition coefficient (Wildman–Crippen LogP) is 5.34. The average molecular weight is 411 g/mol. The Morgan fingerprint density at radius 2 is 1.65 bits per heavy atom. The Kier molecular flexibility index (Phi) is 5.81. The van der Waals surface area contributed by atoms with Gasteiger partial charge in [-0.3, -0.25) is 0 Å². The molecule has 0 N–H and O–H groups in total. The van der Waals surface area contributed by atoms with Crippen LogP contribution in [0.15, 0.2) is 40.0 Å². The van der Waals surface area contributed by atoms with E-state index in [2.05, 4.69) is 18.0 Å². The Balaban J connectivity index is 2.23. The maximum atomic E-state index is 6.53. The van der Waals surface area contributed by atoms with Crippen molar-refractivity contribution in [1.29, 1.82) is 0 Å². The molecule has 1 aliphatic rings. The smallest absolute Gasteiger partial charge is 0.141 e. The topological polar surface area (TPSA) is 30.8 Å². The number of halogens is 3. The number of ether oxygens (including phenoxy) is 2. The molecule has 3 rings (SSSR count). The van der Waals surface area contributed by atoms with Gasteiger partial charge in [0, 0.05) is 11.6 Å². The van der Waals surface area contributed by atoms with Crippen LogP contribution in [0.1, 0.15) is 19.8 Å². The summed E-state index contributed by atoms with van der Waals surface area (Å²) in [6, 6.07) is 7.52. The van der Waals surface area contributed by atoms with Crippen LogP contribution in [0.2, 0.25) is 10.0 Å². The van der Waals surface area contributed by atoms with E-state index in [0.717, 1.165) is 34.6 Å². The Hall–Kier alpha value is -1.68. The molecule has 0 spiro atoms. The molecule has 0 fully saturated rings. The third-order valence-corrected chi connectivity index (χ3v) is 5.50. The van der Waals surface area contributed by atoms with Crippen LogP contribution in [-0.4, -0.2) is 14.2 Å². The van der Waals surface area contributed by atoms with E-state index in [1.165, 1.54) is 0 Å². The number of hydrogen-bond acceptors (Lipinski definition) is 3. The van der Waals surface area contributed by atoms with E-state index in [1.54, 1.807) is 20.3 Å². The SMILES string of the molecule is CCC1=C(Cl)N=c2ccc(-c3c(Cl)c(OC)cc(OC)c3Cl)cc2=CC1. The van der Waals surface area contributed by atoms with Crippen LogP contribution in [-0.2, 0) is 0 Å². The highest BCUT2D eigenvalue weighted by Crippen LogP contribution is 2.45. The first-order valence-corrected chi connectivity index (χ1v) is 9.30. The first-order chi connectivity index (χ1) is 12.5. The third kappa shape index (κ3) is 3.44. The predicted molar refractivity (Wildman–Crippen MR) is 108 cm³/mol. The summed E-state index contributed by atoms with van der Waals surface area (Å²) < 4.78 is 10.7. The van der Waals surface area contributed by atoms with Crippen LogP contribution < -0.4 is 20.0 Å². The van der Waals surface area contributed by atoms with Crippen molar-refractivity contribution in [3.63, 3.8) is 0 Å². The first kappa shape index (κ1) is 19.1. The molecule has 0 saturated heterocycles. The summed E-state index contributed by atoms with van der Waals surface area (Å²) in [5, 5.41) is 3.25. The lowest BCUT2D eigenvalue weighted by atomic mass is 10.0. The minimum absolute atomic E-state index is 0.439. The fourth-order valence-electron chi connectivity index (χ4n) is 2.91. The highest BCUT2D eigenvalue weighted by molar-refractivity contribution is 6.41. The average Bonchev–Trinajstić information content (AvgIpc) is 2.79. The van der Waals surface area contributed by atoms with Crippen molar-refractivity contribution in [3.8, 4) is 22.6 Å². The standard InChI is InChI=1S/C20H18Cl3NO2/c1-4-11-5-6-12-9-13(7-8-14(12)24-20(11)23)17-18(21)15(25-2)10-16(26-3)19(17)22/h6-10H,4-5H2,1-3H3. The molecule has 0 unspecified atom stereocenters. The summed E-state index contributed by atoms with van der Waals surface area (Å²) in [4.78, 5) is 4.54. The van der Waals surface area contributed by atoms with Gasteiger partial charge in [-0.1, -0.05) is 53.9 Å². The number of allylic oxidation sites excluding steroid dienone is 1. The van der Waals surface area contributed by atoms with Gasteiger partial charge >= 0.3 is 0 Å². The largest absolute Gasteiger partial charge is 0.495 e. The Morgan fingerprint density at radius 3 is 2.23 bits per heavy atom. The van der Waals surface area contributed by atoms with Gasteiger partial charge in [-0.2, -0.15) is 0 Å². The highest BCUT2D eigenvalue weighted by atomic mass is 35.5. The zero-order chi connectivity index (χ0) is 18.8. The summed E-state index contributed by atoms with van der Waals surface area (Å²) in [7, 11) is 3.12. The number of nitrogens with zero attached hydrogens (tertiary/aromatic N) is 1. The number of fused-ring (bicyclic) bond motifs is 1. The van der Waals surface area contributed by atoms with Crippen molar-refractivity contribution >= 4 is 40.9 Å². The van der Waals surface area contributed by atoms with E-state index in [0.29, 0.717) is 32.3 Å². The number of rotatable bonds is 4. The summed E-state index contributed by atoms with van der Waals surface area (Å²) in [6.45, 7) is 2.07. The minimum Gasteiger partial charge on any atom is -0.495 e. The Morgan fingerprint density at radius 1 is 1.00 bits per heavy atom. The van der Waals surface area contributed by atoms with Crippen molar-refractivity contribution in [2.45, 2.75) is 19.8 Å². The van der Waals surface area contributed by atoms with Gasteiger partial charge in [0.15, 0.2) is 0 Å². The maximum absolute atomic E-state index is 6.53. The molecule has 0 aliphatic carbocycles. The van der Waals surface area contributed by atoms with E-state index < -0.39 is 0 Å². The van der Waals surface area contributed by atoms with Crippen LogP contribution >= 0.6 is 34.8 Å². The summed E-state index contributed by atoms with van der Waals surface area (Å²) in [5.41, 5.74) is 2.64. The quantitative estimate of drug-likeness (QED) is 0.637. The second-order valence-electron chi connectivity index (χ2n) is 5.83. The fraction of sp³-hybridized carbons (Fsp3) is 0.250. The molecule has 1 aliphatic heterocycles. The van der Waals surface area contributed by atoms with Gasteiger partial charge in [0.2, 0.25) is 0 Å². The molecular weight excluding hydrogens is 393 g/mol. The van der Waals surface area contributed by atoms with E-state index in [-0.39, 0.29) is 0 Å². The molecule has 2 aromatic rings. The summed E-state index contributed by atoms with van der Waals surface area (Å²) in [5.74, 6) is 1.01. The molecule has 136 valence electrons. The Labute approximate surface area is 167 Å². The van der Waals surface area contributed by atoms with Crippen molar-refractivity contribution in [2.24, 2.45) is 4.99 Å². The van der Waals surface area contributed by atoms with Gasteiger partial charge in [-0.25, -0.2) is 4.99 Å². The van der Waals surface area contributed by atoms with E-state index in [1.807, 2.05) is 18.2 Å². The molecule has 0 amide bonds. The van der Waals surface area contributed by atoms with Crippen LogP contribution in [0.4, 0.5) is 0 Å². The number of benzene rings is 2. The van der Waals surface area contributed by atoms with Crippen molar-refractivity contribution < 1.29 is 9.47 Å². The zero-order valence-electron chi connectivity index (χ0n) is 14.7. The first-order valence-electron chi connectivity index (χ1n) is 8.17. The van der Waals surface area contributed by atoms with Gasteiger partial charge in [0.05, 0.1) is 29.6 Å². The highest BCUT2D eigenvalue weighted by Gasteiger charge is 2.19. The Bertz CT molecular complexity index is 984. The van der Waals surface area contributed by atoms with E-state index >= 15 is 0 Å². The molecule has 0 radical (unpaired) electrons. The molecule has 3 nitrogen and oxygen atoms in total. The normalized spacial score (nSPS) is 13.5. The van der Waals surface area contributed by atoms with Crippen LogP contribution in [0.3, 0.4) is 0 Å². The monoisotopic (exact) mass is 409 g/mol. The molecular formula is C20H18Cl3NO2. The van der Waals surface area contributed by atoms with Crippen molar-refractivity contribution in [1.82, 2.24) is 0 Å². The third-order valence-electron chi connectivity index (χ3n) is 4.40. The fourth-order valence-corrected chi connectivity index (χ4v) is 3.93. The van der Waals surface area contributed by atoms with Gasteiger partial charge in [0.1, 0.15) is 16.7 Å². The molecule has 0 saturated carbocycles. The maximum Gasteiger partial charge on any atom is 0.141 e. The van der Waals surface area contributed by atoms with Gasteiger partial charge in [-0.05, 0) is 41.3 Å². The lowest BCUT2D eigenvalue weighted by Gasteiger charge is -2.14. The second kappa shape index (κ2) is 7.91. The molecule has 26 heavy (non-hydrogen) atoms. The van der Waals surface area contributed by atoms with E-state index in [4.69, 9.17) is 44.3 Å². The molecule has 6 heteroatoms. The molecule has 0 aromatic heterocycles. The minimum atomic E-state index is 0.439. The van der Waals surface area contributed by atoms with Crippen LogP contribution in [0.25, 0.3) is 17.2 Å². The van der Waals surface area contributed by atoms with Gasteiger partial charge in [-0.15, -0.1) is 0 Å². The lowest BCUT2D eigenvalue weighted by Crippen LogP contribution is -2.24. The van der Waals surface area contributed by atoms with Crippen molar-refractivity contribution in [3.05, 3.63) is 55.6 Å². The van der Waals surface area contributed by atoms with Gasteiger partial charge in [0.25, 0.3) is 0 Å². The second-order valence-corrected chi connectivity index (χ2v) is 6.94. The van der Waals surface area contributed by atoms with Gasteiger partial charge < -0.3 is 9.47 Å². The number of methoxy groups -OCH3 is 2. The molecule has 1 heterocycles. The summed E-state index contributed by atoms with van der Waals surface area (Å²) in [6.07, 6.45) is 3.75. The van der Waals surface area contributed by atoms with Crippen LogP contribution in [0, 0.1) is 0 Å². The van der Waals surface area contributed by atoms with Crippen LogP contribution in [0.5, 0.6) is 11.5 Å². The van der Waals surface area contributed by atoms with E-state index in [9.17, 15) is 0 Å². The molecule has 0 bridgehead atoms. The zero-order valence-corrected chi connectivity index (χ0v) is 17.0. The van der Waals surface area contributed by atoms with Crippen molar-refractivity contribution in [2.75, 3.05) is 14.2 Å². The lowest BCUT2D eigenvalue weighted by molar-refractivity contribution is 0.395.